The van der Waals surface area contributed by atoms with Crippen LogP contribution < -0.4 is 0 Å². The van der Waals surface area contributed by atoms with Crippen LogP contribution in [0.1, 0.15) is 15.9 Å². The van der Waals surface area contributed by atoms with Gasteiger partial charge >= 0.3 is 5.97 Å². The van der Waals surface area contributed by atoms with E-state index in [1.807, 2.05) is 0 Å². The number of benzene rings is 1. The molecule has 1 aromatic rings. The van der Waals surface area contributed by atoms with Gasteiger partial charge in [-0.3, -0.25) is 0 Å². The van der Waals surface area contributed by atoms with Crippen molar-refractivity contribution in [3.8, 4) is 0 Å². The largest absolute Gasteiger partial charge is 0.435 e. The van der Waals surface area contributed by atoms with Gasteiger partial charge in [-0.15, -0.1) is 0 Å². The van der Waals surface area contributed by atoms with Gasteiger partial charge in [-0.05, 0) is 18.6 Å². The van der Waals surface area contributed by atoms with Gasteiger partial charge in [0, 0.05) is 0 Å². The standard InChI is InChI=1S/C9H8Cl2O3/c1-5-2-3-6(10)7(8(5)11)9(13)14-4-12/h2-3,12H,4H2,1H3. The van der Waals surface area contributed by atoms with E-state index < -0.39 is 12.8 Å². The fraction of sp³-hybridized carbons (Fsp3) is 0.222. The molecule has 1 aromatic carbocycles. The number of carbonyl (C=O) groups is 1. The second kappa shape index (κ2) is 4.64. The number of carbonyl (C=O) groups excluding carboxylic acids is 1. The summed E-state index contributed by atoms with van der Waals surface area (Å²) in [6.07, 6.45) is 0. The zero-order chi connectivity index (χ0) is 10.7. The van der Waals surface area contributed by atoms with E-state index in [1.165, 1.54) is 0 Å². The Balaban J connectivity index is 3.18. The normalized spacial score (nSPS) is 10.0. The van der Waals surface area contributed by atoms with Gasteiger partial charge in [0.25, 0.3) is 0 Å². The second-order valence-corrected chi connectivity index (χ2v) is 3.40. The minimum Gasteiger partial charge on any atom is -0.435 e. The fourth-order valence-electron chi connectivity index (χ4n) is 0.975. The van der Waals surface area contributed by atoms with Crippen molar-refractivity contribution in [1.82, 2.24) is 0 Å². The van der Waals surface area contributed by atoms with E-state index in [4.69, 9.17) is 28.3 Å². The summed E-state index contributed by atoms with van der Waals surface area (Å²) in [7, 11) is 0. The first-order chi connectivity index (χ1) is 6.57. The SMILES string of the molecule is Cc1ccc(Cl)c(C(=O)OCO)c1Cl. The van der Waals surface area contributed by atoms with Crippen molar-refractivity contribution in [3.63, 3.8) is 0 Å². The molecule has 0 fully saturated rings. The molecule has 0 atom stereocenters. The van der Waals surface area contributed by atoms with Crippen LogP contribution in [0, 0.1) is 6.92 Å². The Morgan fingerprint density at radius 1 is 1.50 bits per heavy atom. The van der Waals surface area contributed by atoms with E-state index >= 15 is 0 Å². The highest BCUT2D eigenvalue weighted by molar-refractivity contribution is 6.39. The molecule has 0 aliphatic carbocycles. The molecule has 0 aromatic heterocycles. The summed E-state index contributed by atoms with van der Waals surface area (Å²) in [5.74, 6) is -0.730. The molecule has 0 saturated carbocycles. The van der Waals surface area contributed by atoms with Gasteiger partial charge in [-0.25, -0.2) is 4.79 Å². The number of aliphatic hydroxyl groups is 1. The summed E-state index contributed by atoms with van der Waals surface area (Å²) in [6.45, 7) is 1.05. The Morgan fingerprint density at radius 2 is 2.14 bits per heavy atom. The number of hydrogen-bond acceptors (Lipinski definition) is 3. The van der Waals surface area contributed by atoms with E-state index in [0.29, 0.717) is 0 Å². The van der Waals surface area contributed by atoms with Crippen LogP contribution in [0.15, 0.2) is 12.1 Å². The third-order valence-electron chi connectivity index (χ3n) is 1.68. The third kappa shape index (κ3) is 2.18. The molecule has 5 heteroatoms. The van der Waals surface area contributed by atoms with E-state index in [2.05, 4.69) is 4.74 Å². The van der Waals surface area contributed by atoms with Gasteiger partial charge in [0.15, 0.2) is 6.79 Å². The van der Waals surface area contributed by atoms with Gasteiger partial charge in [0.1, 0.15) is 0 Å². The monoisotopic (exact) mass is 234 g/mol. The van der Waals surface area contributed by atoms with Crippen molar-refractivity contribution in [3.05, 3.63) is 33.3 Å². The van der Waals surface area contributed by atoms with Gasteiger partial charge in [0.2, 0.25) is 0 Å². The Labute approximate surface area is 91.2 Å². The van der Waals surface area contributed by atoms with Crippen LogP contribution in [0.25, 0.3) is 0 Å². The Kier molecular flexibility index (Phi) is 3.75. The number of halogens is 2. The zero-order valence-corrected chi connectivity index (χ0v) is 8.89. The first-order valence-corrected chi connectivity index (χ1v) is 4.56. The predicted molar refractivity (Wildman–Crippen MR) is 53.7 cm³/mol. The summed E-state index contributed by atoms with van der Waals surface area (Å²) in [5, 5.41) is 8.87. The molecule has 0 unspecified atom stereocenters. The van der Waals surface area contributed by atoms with E-state index in [0.717, 1.165) is 5.56 Å². The van der Waals surface area contributed by atoms with E-state index in [9.17, 15) is 4.79 Å². The first-order valence-electron chi connectivity index (χ1n) is 3.80. The number of rotatable bonds is 2. The minimum absolute atomic E-state index is 0.0855. The van der Waals surface area contributed by atoms with Crippen LogP contribution in [-0.4, -0.2) is 17.9 Å². The molecule has 0 aliphatic heterocycles. The van der Waals surface area contributed by atoms with Crippen molar-refractivity contribution in [2.75, 3.05) is 6.79 Å². The molecule has 0 heterocycles. The Bertz CT molecular complexity index is 363. The van der Waals surface area contributed by atoms with Gasteiger partial charge < -0.3 is 9.84 Å². The molecule has 3 nitrogen and oxygen atoms in total. The van der Waals surface area contributed by atoms with Crippen LogP contribution in [0.3, 0.4) is 0 Å². The van der Waals surface area contributed by atoms with Crippen molar-refractivity contribution in [2.24, 2.45) is 0 Å². The molecule has 0 aliphatic rings. The van der Waals surface area contributed by atoms with Gasteiger partial charge in [-0.1, -0.05) is 29.3 Å². The van der Waals surface area contributed by atoms with Crippen molar-refractivity contribution in [2.45, 2.75) is 6.92 Å². The molecular weight excluding hydrogens is 227 g/mol. The third-order valence-corrected chi connectivity index (χ3v) is 2.49. The van der Waals surface area contributed by atoms with Crippen LogP contribution in [0.5, 0.6) is 0 Å². The lowest BCUT2D eigenvalue weighted by Crippen LogP contribution is -2.07. The Morgan fingerprint density at radius 3 is 2.71 bits per heavy atom. The van der Waals surface area contributed by atoms with Crippen LogP contribution in [0.4, 0.5) is 0 Å². The predicted octanol–water partition coefficient (Wildman–Crippen LogP) is 2.41. The highest BCUT2D eigenvalue weighted by Gasteiger charge is 2.17. The highest BCUT2D eigenvalue weighted by Crippen LogP contribution is 2.28. The molecule has 0 spiro atoms. The summed E-state index contributed by atoms with van der Waals surface area (Å²) in [6, 6.07) is 3.25. The maximum atomic E-state index is 11.3. The zero-order valence-electron chi connectivity index (χ0n) is 7.38. The van der Waals surface area contributed by atoms with Crippen molar-refractivity contribution in [1.29, 1.82) is 0 Å². The fourth-order valence-corrected chi connectivity index (χ4v) is 1.50. The molecule has 0 bridgehead atoms. The molecule has 1 rings (SSSR count). The number of aryl methyl sites for hydroxylation is 1. The van der Waals surface area contributed by atoms with Crippen molar-refractivity contribution >= 4 is 29.2 Å². The van der Waals surface area contributed by atoms with Crippen molar-refractivity contribution < 1.29 is 14.6 Å². The number of aliphatic hydroxyl groups excluding tert-OH is 1. The summed E-state index contributed by atoms with van der Waals surface area (Å²) in [4.78, 5) is 11.3. The summed E-state index contributed by atoms with van der Waals surface area (Å²) in [5.41, 5.74) is 0.809. The van der Waals surface area contributed by atoms with Crippen LogP contribution >= 0.6 is 23.2 Å². The van der Waals surface area contributed by atoms with E-state index in [-0.39, 0.29) is 15.6 Å². The average Bonchev–Trinajstić information content (AvgIpc) is 2.13. The number of ether oxygens (including phenoxy) is 1. The van der Waals surface area contributed by atoms with Gasteiger partial charge in [0.05, 0.1) is 15.6 Å². The molecule has 0 radical (unpaired) electrons. The topological polar surface area (TPSA) is 46.5 Å². The molecule has 76 valence electrons. The maximum absolute atomic E-state index is 11.3. The average molecular weight is 235 g/mol. The highest BCUT2D eigenvalue weighted by atomic mass is 35.5. The van der Waals surface area contributed by atoms with Crippen LogP contribution in [0.2, 0.25) is 10.0 Å². The molecule has 0 amide bonds. The second-order valence-electron chi connectivity index (χ2n) is 2.61. The van der Waals surface area contributed by atoms with Gasteiger partial charge in [-0.2, -0.15) is 0 Å². The molecule has 0 saturated heterocycles. The smallest absolute Gasteiger partial charge is 0.343 e. The van der Waals surface area contributed by atoms with E-state index in [1.54, 1.807) is 19.1 Å². The number of esters is 1. The lowest BCUT2D eigenvalue weighted by Gasteiger charge is -2.07. The lowest BCUT2D eigenvalue weighted by molar-refractivity contribution is 0.00687. The molecular formula is C9H8Cl2O3. The maximum Gasteiger partial charge on any atom is 0.343 e. The lowest BCUT2D eigenvalue weighted by atomic mass is 10.1. The first kappa shape index (κ1) is 11.3. The minimum atomic E-state index is -0.730. The summed E-state index contributed by atoms with van der Waals surface area (Å²) >= 11 is 11.6. The number of hydrogen-bond donors (Lipinski definition) is 1. The quantitative estimate of drug-likeness (QED) is 0.632. The molecule has 1 N–H and O–H groups in total. The molecule has 14 heavy (non-hydrogen) atoms. The van der Waals surface area contributed by atoms with Crippen LogP contribution in [-0.2, 0) is 4.74 Å². The summed E-state index contributed by atoms with van der Waals surface area (Å²) < 4.78 is 4.39. The Hall–Kier alpha value is -0.770.